The molecule has 0 radical (unpaired) electrons. The number of nitrogens with one attached hydrogen (secondary N) is 1. The molecule has 0 atom stereocenters. The Morgan fingerprint density at radius 2 is 1.86 bits per heavy atom. The average molecular weight is 290 g/mol. The number of amides is 2. The third-order valence-electron chi connectivity index (χ3n) is 3.68. The molecule has 1 aromatic carbocycles. The Hall–Kier alpha value is -2.04. The van der Waals surface area contributed by atoms with Gasteiger partial charge in [-0.1, -0.05) is 17.7 Å². The lowest BCUT2D eigenvalue weighted by atomic mass is 10.0. The molecule has 1 aromatic rings. The highest BCUT2D eigenvalue weighted by molar-refractivity contribution is 5.94. The third kappa shape index (κ3) is 4.21. The first-order valence-corrected chi connectivity index (χ1v) is 7.39. The van der Waals surface area contributed by atoms with E-state index in [0.717, 1.165) is 24.0 Å². The molecule has 5 heteroatoms. The predicted octanol–water partition coefficient (Wildman–Crippen LogP) is 2.35. The predicted molar refractivity (Wildman–Crippen MR) is 80.3 cm³/mol. The SMILES string of the molecule is CCOC(=O)NC1CCN(C(=O)c2ccc(C)cc2)CC1. The van der Waals surface area contributed by atoms with E-state index in [1.54, 1.807) is 6.92 Å². The van der Waals surface area contributed by atoms with Crippen molar-refractivity contribution < 1.29 is 14.3 Å². The van der Waals surface area contributed by atoms with Crippen molar-refractivity contribution in [2.45, 2.75) is 32.7 Å². The van der Waals surface area contributed by atoms with Gasteiger partial charge in [0.25, 0.3) is 5.91 Å². The van der Waals surface area contributed by atoms with Gasteiger partial charge in [-0.3, -0.25) is 4.79 Å². The summed E-state index contributed by atoms with van der Waals surface area (Å²) < 4.78 is 4.87. The smallest absolute Gasteiger partial charge is 0.407 e. The molecule has 1 heterocycles. The van der Waals surface area contributed by atoms with Gasteiger partial charge in [-0.25, -0.2) is 4.79 Å². The van der Waals surface area contributed by atoms with E-state index in [4.69, 9.17) is 4.74 Å². The fraction of sp³-hybridized carbons (Fsp3) is 0.500. The van der Waals surface area contributed by atoms with E-state index in [1.165, 1.54) is 0 Å². The van der Waals surface area contributed by atoms with E-state index in [9.17, 15) is 9.59 Å². The van der Waals surface area contributed by atoms with Gasteiger partial charge in [-0.15, -0.1) is 0 Å². The Labute approximate surface area is 125 Å². The van der Waals surface area contributed by atoms with Crippen LogP contribution in [0.3, 0.4) is 0 Å². The minimum absolute atomic E-state index is 0.0598. The van der Waals surface area contributed by atoms with E-state index in [2.05, 4.69) is 5.32 Å². The molecular formula is C16H22N2O3. The highest BCUT2D eigenvalue weighted by atomic mass is 16.5. The monoisotopic (exact) mass is 290 g/mol. The molecular weight excluding hydrogens is 268 g/mol. The van der Waals surface area contributed by atoms with Crippen molar-refractivity contribution in [3.05, 3.63) is 35.4 Å². The van der Waals surface area contributed by atoms with Crippen LogP contribution in [0.4, 0.5) is 4.79 Å². The molecule has 1 fully saturated rings. The number of hydrogen-bond donors (Lipinski definition) is 1. The van der Waals surface area contributed by atoms with Crippen molar-refractivity contribution in [2.75, 3.05) is 19.7 Å². The first-order valence-electron chi connectivity index (χ1n) is 7.39. The lowest BCUT2D eigenvalue weighted by molar-refractivity contribution is 0.0702. The molecule has 5 nitrogen and oxygen atoms in total. The van der Waals surface area contributed by atoms with Crippen LogP contribution in [0.2, 0.25) is 0 Å². The summed E-state index contributed by atoms with van der Waals surface area (Å²) in [4.78, 5) is 25.6. The minimum Gasteiger partial charge on any atom is -0.450 e. The number of rotatable bonds is 3. The van der Waals surface area contributed by atoms with Gasteiger partial charge in [0, 0.05) is 24.7 Å². The topological polar surface area (TPSA) is 58.6 Å². The van der Waals surface area contributed by atoms with E-state index in [-0.39, 0.29) is 18.0 Å². The molecule has 2 amide bonds. The summed E-state index contributed by atoms with van der Waals surface area (Å²) in [5, 5.41) is 2.83. The fourth-order valence-corrected chi connectivity index (χ4v) is 2.45. The van der Waals surface area contributed by atoms with Crippen LogP contribution in [-0.4, -0.2) is 42.6 Å². The second kappa shape index (κ2) is 7.11. The summed E-state index contributed by atoms with van der Waals surface area (Å²) in [6.45, 7) is 5.47. The fourth-order valence-electron chi connectivity index (χ4n) is 2.45. The molecule has 21 heavy (non-hydrogen) atoms. The van der Waals surface area contributed by atoms with Gasteiger partial charge in [0.05, 0.1) is 6.61 Å². The normalized spacial score (nSPS) is 15.6. The number of ether oxygens (including phenoxy) is 1. The second-order valence-electron chi connectivity index (χ2n) is 5.30. The summed E-state index contributed by atoms with van der Waals surface area (Å²) in [5.41, 5.74) is 1.86. The summed E-state index contributed by atoms with van der Waals surface area (Å²) in [6.07, 6.45) is 1.15. The quantitative estimate of drug-likeness (QED) is 0.929. The lowest BCUT2D eigenvalue weighted by Crippen LogP contribution is -2.46. The largest absolute Gasteiger partial charge is 0.450 e. The van der Waals surface area contributed by atoms with Gasteiger partial charge in [0.1, 0.15) is 0 Å². The first-order chi connectivity index (χ1) is 10.1. The summed E-state index contributed by atoms with van der Waals surface area (Å²) in [5.74, 6) is 0.0598. The van der Waals surface area contributed by atoms with E-state index >= 15 is 0 Å². The maximum absolute atomic E-state index is 12.4. The third-order valence-corrected chi connectivity index (χ3v) is 3.68. The molecule has 1 N–H and O–H groups in total. The van der Waals surface area contributed by atoms with Crippen molar-refractivity contribution in [3.8, 4) is 0 Å². The number of aryl methyl sites for hydroxylation is 1. The number of piperidine rings is 1. The molecule has 0 saturated carbocycles. The van der Waals surface area contributed by atoms with Crippen molar-refractivity contribution >= 4 is 12.0 Å². The van der Waals surface area contributed by atoms with Gasteiger partial charge in [0.2, 0.25) is 0 Å². The van der Waals surface area contributed by atoms with E-state index in [1.807, 2.05) is 36.1 Å². The molecule has 0 unspecified atom stereocenters. The van der Waals surface area contributed by atoms with Crippen LogP contribution < -0.4 is 5.32 Å². The Bertz CT molecular complexity index is 491. The highest BCUT2D eigenvalue weighted by Gasteiger charge is 2.24. The van der Waals surface area contributed by atoms with Crippen molar-refractivity contribution in [3.63, 3.8) is 0 Å². The number of likely N-dealkylation sites (tertiary alicyclic amines) is 1. The first kappa shape index (κ1) is 15.4. The van der Waals surface area contributed by atoms with Crippen LogP contribution in [0.5, 0.6) is 0 Å². The molecule has 0 aromatic heterocycles. The Morgan fingerprint density at radius 3 is 2.43 bits per heavy atom. The summed E-state index contributed by atoms with van der Waals surface area (Å²) in [7, 11) is 0. The van der Waals surface area contributed by atoms with E-state index < -0.39 is 0 Å². The van der Waals surface area contributed by atoms with Crippen LogP contribution in [-0.2, 0) is 4.74 Å². The number of carbonyl (C=O) groups excluding carboxylic acids is 2. The Kier molecular flexibility index (Phi) is 5.20. The molecule has 0 aliphatic carbocycles. The zero-order valence-corrected chi connectivity index (χ0v) is 12.6. The van der Waals surface area contributed by atoms with E-state index in [0.29, 0.717) is 19.7 Å². The van der Waals surface area contributed by atoms with Gasteiger partial charge < -0.3 is 15.0 Å². The summed E-state index contributed by atoms with van der Waals surface area (Å²) >= 11 is 0. The van der Waals surface area contributed by atoms with Crippen LogP contribution in [0.25, 0.3) is 0 Å². The Morgan fingerprint density at radius 1 is 1.24 bits per heavy atom. The molecule has 0 bridgehead atoms. The zero-order chi connectivity index (χ0) is 15.2. The minimum atomic E-state index is -0.374. The van der Waals surface area contributed by atoms with Crippen LogP contribution in [0.1, 0.15) is 35.7 Å². The highest BCUT2D eigenvalue weighted by Crippen LogP contribution is 2.14. The van der Waals surface area contributed by atoms with Crippen LogP contribution in [0.15, 0.2) is 24.3 Å². The van der Waals surface area contributed by atoms with Crippen LogP contribution >= 0.6 is 0 Å². The second-order valence-corrected chi connectivity index (χ2v) is 5.30. The standard InChI is InChI=1S/C16H22N2O3/c1-3-21-16(20)17-14-8-10-18(11-9-14)15(19)13-6-4-12(2)5-7-13/h4-7,14H,3,8-11H2,1-2H3,(H,17,20). The Balaban J connectivity index is 1.84. The van der Waals surface area contributed by atoms with Gasteiger partial charge in [-0.05, 0) is 38.8 Å². The van der Waals surface area contributed by atoms with Crippen LogP contribution in [0, 0.1) is 6.92 Å². The molecule has 1 aliphatic rings. The van der Waals surface area contributed by atoms with Gasteiger partial charge in [-0.2, -0.15) is 0 Å². The van der Waals surface area contributed by atoms with Gasteiger partial charge in [0.15, 0.2) is 0 Å². The lowest BCUT2D eigenvalue weighted by Gasteiger charge is -2.32. The average Bonchev–Trinajstić information content (AvgIpc) is 2.48. The molecule has 114 valence electrons. The molecule has 1 aliphatic heterocycles. The van der Waals surface area contributed by atoms with Gasteiger partial charge >= 0.3 is 6.09 Å². The molecule has 2 rings (SSSR count). The maximum Gasteiger partial charge on any atom is 0.407 e. The number of hydrogen-bond acceptors (Lipinski definition) is 3. The molecule has 1 saturated heterocycles. The molecule has 0 spiro atoms. The zero-order valence-electron chi connectivity index (χ0n) is 12.6. The van der Waals surface area contributed by atoms with Crippen molar-refractivity contribution in [1.29, 1.82) is 0 Å². The maximum atomic E-state index is 12.4. The van der Waals surface area contributed by atoms with Crippen molar-refractivity contribution in [1.82, 2.24) is 10.2 Å². The number of alkyl carbamates (subject to hydrolysis) is 1. The number of benzene rings is 1. The number of nitrogens with zero attached hydrogens (tertiary/aromatic N) is 1. The van der Waals surface area contributed by atoms with Crippen molar-refractivity contribution in [2.24, 2.45) is 0 Å². The summed E-state index contributed by atoms with van der Waals surface area (Å²) in [6, 6.07) is 7.71. The number of carbonyl (C=O) groups is 2.